The minimum absolute atomic E-state index is 0.0404. The lowest BCUT2D eigenvalue weighted by atomic mass is 10.0. The van der Waals surface area contributed by atoms with Crippen molar-refractivity contribution in [3.05, 3.63) is 66.0 Å². The Kier molecular flexibility index (Phi) is 5.90. The maximum Gasteiger partial charge on any atom is 0.223 e. The number of benzene rings is 1. The standard InChI is InChI=1S/C20H22N2O3/c23-19(16-6-2-1-3-7-16)14-18-15-25-13-12-22(18)20(24)10-9-17-8-4-5-11-21-17/h1-8,11,18H,9-10,12-15H2/t18-/m0/s1. The van der Waals surface area contributed by atoms with Crippen LogP contribution in [0.25, 0.3) is 0 Å². The number of morpholine rings is 1. The zero-order valence-corrected chi connectivity index (χ0v) is 14.1. The van der Waals surface area contributed by atoms with Gasteiger partial charge in [-0.1, -0.05) is 36.4 Å². The minimum atomic E-state index is -0.197. The molecule has 0 aliphatic carbocycles. The van der Waals surface area contributed by atoms with E-state index in [1.807, 2.05) is 36.4 Å². The Labute approximate surface area is 147 Å². The van der Waals surface area contributed by atoms with Crippen molar-refractivity contribution in [1.29, 1.82) is 0 Å². The van der Waals surface area contributed by atoms with Crippen molar-refractivity contribution in [3.63, 3.8) is 0 Å². The van der Waals surface area contributed by atoms with Crippen LogP contribution >= 0.6 is 0 Å². The van der Waals surface area contributed by atoms with E-state index in [0.29, 0.717) is 44.6 Å². The van der Waals surface area contributed by atoms with Crippen LogP contribution in [0.5, 0.6) is 0 Å². The Morgan fingerprint density at radius 3 is 2.68 bits per heavy atom. The van der Waals surface area contributed by atoms with Gasteiger partial charge in [0, 0.05) is 36.8 Å². The summed E-state index contributed by atoms with van der Waals surface area (Å²) in [6, 6.07) is 14.7. The zero-order valence-electron chi connectivity index (χ0n) is 14.1. The van der Waals surface area contributed by atoms with Gasteiger partial charge in [-0.3, -0.25) is 14.6 Å². The number of rotatable bonds is 6. The third-order valence-electron chi connectivity index (χ3n) is 4.39. The van der Waals surface area contributed by atoms with Crippen molar-refractivity contribution in [1.82, 2.24) is 9.88 Å². The van der Waals surface area contributed by atoms with E-state index in [9.17, 15) is 9.59 Å². The van der Waals surface area contributed by atoms with Crippen molar-refractivity contribution in [2.45, 2.75) is 25.3 Å². The molecular weight excluding hydrogens is 316 g/mol. The second-order valence-electron chi connectivity index (χ2n) is 6.13. The number of nitrogens with zero attached hydrogens (tertiary/aromatic N) is 2. The van der Waals surface area contributed by atoms with Crippen molar-refractivity contribution in [3.8, 4) is 0 Å². The van der Waals surface area contributed by atoms with Crippen molar-refractivity contribution >= 4 is 11.7 Å². The molecule has 130 valence electrons. The lowest BCUT2D eigenvalue weighted by Gasteiger charge is -2.35. The van der Waals surface area contributed by atoms with Crippen molar-refractivity contribution in [2.24, 2.45) is 0 Å². The van der Waals surface area contributed by atoms with E-state index in [0.717, 1.165) is 5.69 Å². The molecule has 1 aromatic carbocycles. The predicted molar refractivity (Wildman–Crippen MR) is 94.3 cm³/mol. The van der Waals surface area contributed by atoms with Crippen LogP contribution in [0.1, 0.15) is 28.9 Å². The van der Waals surface area contributed by atoms with Crippen LogP contribution in [0, 0.1) is 0 Å². The maximum absolute atomic E-state index is 12.6. The number of amides is 1. The molecule has 0 saturated carbocycles. The number of hydrogen-bond acceptors (Lipinski definition) is 4. The van der Waals surface area contributed by atoms with Gasteiger partial charge in [0.05, 0.1) is 19.3 Å². The third-order valence-corrected chi connectivity index (χ3v) is 4.39. The number of carbonyl (C=O) groups is 2. The van der Waals surface area contributed by atoms with E-state index in [-0.39, 0.29) is 17.7 Å². The van der Waals surface area contributed by atoms with Gasteiger partial charge in [0.1, 0.15) is 0 Å². The number of ketones is 1. The van der Waals surface area contributed by atoms with E-state index in [4.69, 9.17) is 4.74 Å². The lowest BCUT2D eigenvalue weighted by Crippen LogP contribution is -2.49. The number of aryl methyl sites for hydroxylation is 1. The summed E-state index contributed by atoms with van der Waals surface area (Å²) >= 11 is 0. The second-order valence-corrected chi connectivity index (χ2v) is 6.13. The van der Waals surface area contributed by atoms with Gasteiger partial charge < -0.3 is 9.64 Å². The second kappa shape index (κ2) is 8.53. The Balaban J connectivity index is 1.60. The highest BCUT2D eigenvalue weighted by molar-refractivity contribution is 5.96. The first-order valence-electron chi connectivity index (χ1n) is 8.59. The highest BCUT2D eigenvalue weighted by atomic mass is 16.5. The van der Waals surface area contributed by atoms with Crippen LogP contribution in [-0.2, 0) is 16.0 Å². The Bertz CT molecular complexity index is 703. The van der Waals surface area contributed by atoms with E-state index in [1.54, 1.807) is 23.2 Å². The zero-order chi connectivity index (χ0) is 17.5. The van der Waals surface area contributed by atoms with E-state index < -0.39 is 0 Å². The summed E-state index contributed by atoms with van der Waals surface area (Å²) in [5.74, 6) is 0.0958. The van der Waals surface area contributed by atoms with Gasteiger partial charge in [-0.25, -0.2) is 0 Å². The lowest BCUT2D eigenvalue weighted by molar-refractivity contribution is -0.139. The number of Topliss-reactive ketones (excluding diaryl/α,β-unsaturated/α-hetero) is 1. The van der Waals surface area contributed by atoms with Gasteiger partial charge in [-0.05, 0) is 18.6 Å². The van der Waals surface area contributed by atoms with Gasteiger partial charge in [0.15, 0.2) is 5.78 Å². The fraction of sp³-hybridized carbons (Fsp3) is 0.350. The number of hydrogen-bond donors (Lipinski definition) is 0. The Morgan fingerprint density at radius 1 is 1.12 bits per heavy atom. The van der Waals surface area contributed by atoms with Gasteiger partial charge in [0.25, 0.3) is 0 Å². The molecule has 5 nitrogen and oxygen atoms in total. The highest BCUT2D eigenvalue weighted by Gasteiger charge is 2.29. The van der Waals surface area contributed by atoms with E-state index in [2.05, 4.69) is 4.98 Å². The fourth-order valence-corrected chi connectivity index (χ4v) is 3.03. The smallest absolute Gasteiger partial charge is 0.223 e. The monoisotopic (exact) mass is 338 g/mol. The molecule has 1 aliphatic rings. The minimum Gasteiger partial charge on any atom is -0.377 e. The highest BCUT2D eigenvalue weighted by Crippen LogP contribution is 2.16. The molecule has 0 unspecified atom stereocenters. The number of aromatic nitrogens is 1. The van der Waals surface area contributed by atoms with E-state index in [1.165, 1.54) is 0 Å². The maximum atomic E-state index is 12.6. The van der Waals surface area contributed by atoms with Gasteiger partial charge in [0.2, 0.25) is 5.91 Å². The fourth-order valence-electron chi connectivity index (χ4n) is 3.03. The molecule has 3 rings (SSSR count). The van der Waals surface area contributed by atoms with Gasteiger partial charge >= 0.3 is 0 Å². The molecule has 1 aromatic heterocycles. The molecule has 2 heterocycles. The summed E-state index contributed by atoms with van der Waals surface area (Å²) in [5.41, 5.74) is 1.58. The van der Waals surface area contributed by atoms with Crippen LogP contribution in [0.4, 0.5) is 0 Å². The molecule has 25 heavy (non-hydrogen) atoms. The quantitative estimate of drug-likeness (QED) is 0.760. The van der Waals surface area contributed by atoms with Crippen molar-refractivity contribution < 1.29 is 14.3 Å². The Morgan fingerprint density at radius 2 is 1.92 bits per heavy atom. The first-order valence-corrected chi connectivity index (χ1v) is 8.59. The third kappa shape index (κ3) is 4.73. The molecule has 1 atom stereocenters. The van der Waals surface area contributed by atoms with Gasteiger partial charge in [-0.15, -0.1) is 0 Å². The predicted octanol–water partition coefficient (Wildman–Crippen LogP) is 2.51. The molecular formula is C20H22N2O3. The van der Waals surface area contributed by atoms with Crippen molar-refractivity contribution in [2.75, 3.05) is 19.8 Å². The largest absolute Gasteiger partial charge is 0.377 e. The summed E-state index contributed by atoms with van der Waals surface area (Å²) in [5, 5.41) is 0. The SMILES string of the molecule is O=C(C[C@H]1COCCN1C(=O)CCc1ccccn1)c1ccccc1. The molecule has 0 spiro atoms. The molecule has 0 bridgehead atoms. The summed E-state index contributed by atoms with van der Waals surface area (Å²) in [4.78, 5) is 31.1. The van der Waals surface area contributed by atoms with Crippen LogP contribution in [0.15, 0.2) is 54.7 Å². The molecule has 5 heteroatoms. The topological polar surface area (TPSA) is 59.5 Å². The molecule has 1 amide bonds. The summed E-state index contributed by atoms with van der Waals surface area (Å²) in [6.07, 6.45) is 3.03. The molecule has 0 N–H and O–H groups in total. The van der Waals surface area contributed by atoms with Crippen LogP contribution in [0.2, 0.25) is 0 Å². The van der Waals surface area contributed by atoms with Gasteiger partial charge in [-0.2, -0.15) is 0 Å². The molecule has 1 aliphatic heterocycles. The summed E-state index contributed by atoms with van der Waals surface area (Å²) < 4.78 is 5.50. The number of carbonyl (C=O) groups excluding carboxylic acids is 2. The number of ether oxygens (including phenoxy) is 1. The average Bonchev–Trinajstić information content (AvgIpc) is 2.68. The van der Waals surface area contributed by atoms with Crippen LogP contribution < -0.4 is 0 Å². The Hall–Kier alpha value is -2.53. The molecule has 0 radical (unpaired) electrons. The molecule has 1 fully saturated rings. The number of pyridine rings is 1. The average molecular weight is 338 g/mol. The first-order chi connectivity index (χ1) is 12.2. The summed E-state index contributed by atoms with van der Waals surface area (Å²) in [6.45, 7) is 1.47. The normalized spacial score (nSPS) is 17.3. The summed E-state index contributed by atoms with van der Waals surface area (Å²) in [7, 11) is 0. The molecule has 1 saturated heterocycles. The first kappa shape index (κ1) is 17.3. The van der Waals surface area contributed by atoms with Crippen LogP contribution in [0.3, 0.4) is 0 Å². The molecule has 2 aromatic rings. The van der Waals surface area contributed by atoms with Crippen LogP contribution in [-0.4, -0.2) is 47.4 Å². The van der Waals surface area contributed by atoms with E-state index >= 15 is 0 Å².